The fourth-order valence-electron chi connectivity index (χ4n) is 1.66. The van der Waals surface area contributed by atoms with Crippen LogP contribution < -0.4 is 11.1 Å². The molecule has 0 saturated carbocycles. The second-order valence-corrected chi connectivity index (χ2v) is 3.89. The van der Waals surface area contributed by atoms with Gasteiger partial charge in [-0.05, 0) is 31.0 Å². The molecular formula is C12H15FN4. The monoisotopic (exact) mass is 234 g/mol. The highest BCUT2D eigenvalue weighted by Gasteiger charge is 2.03. The molecule has 1 aromatic carbocycles. The number of imidazole rings is 1. The second kappa shape index (κ2) is 4.86. The first-order valence-corrected chi connectivity index (χ1v) is 5.45. The number of hydrogen-bond acceptors (Lipinski definition) is 3. The largest absolute Gasteiger partial charge is 0.382 e. The number of halogens is 1. The average molecular weight is 234 g/mol. The first-order valence-electron chi connectivity index (χ1n) is 5.45. The lowest BCUT2D eigenvalue weighted by Gasteiger charge is -2.04. The van der Waals surface area contributed by atoms with E-state index >= 15 is 0 Å². The molecule has 0 aliphatic rings. The summed E-state index contributed by atoms with van der Waals surface area (Å²) < 4.78 is 12.9. The van der Waals surface area contributed by atoms with E-state index in [0.29, 0.717) is 18.2 Å². The summed E-state index contributed by atoms with van der Waals surface area (Å²) in [6, 6.07) is 6.56. The lowest BCUT2D eigenvalue weighted by atomic mass is 10.1. The van der Waals surface area contributed by atoms with Crippen LogP contribution in [0.5, 0.6) is 0 Å². The number of benzene rings is 1. The summed E-state index contributed by atoms with van der Waals surface area (Å²) in [5.74, 6) is 1.74. The van der Waals surface area contributed by atoms with Crippen LogP contribution in [0.15, 0.2) is 24.3 Å². The van der Waals surface area contributed by atoms with Crippen molar-refractivity contribution in [3.05, 3.63) is 41.5 Å². The van der Waals surface area contributed by atoms with Crippen LogP contribution in [-0.2, 0) is 6.42 Å². The molecular weight excluding hydrogens is 219 g/mol. The second-order valence-electron chi connectivity index (χ2n) is 3.89. The molecule has 90 valence electrons. The van der Waals surface area contributed by atoms with Crippen LogP contribution in [0, 0.1) is 12.7 Å². The molecule has 0 spiro atoms. The van der Waals surface area contributed by atoms with Gasteiger partial charge in [-0.15, -0.1) is 0 Å². The molecule has 0 unspecified atom stereocenters. The fraction of sp³-hybridized carbons (Fsp3) is 0.250. The predicted molar refractivity (Wildman–Crippen MR) is 66.3 cm³/mol. The maximum absolute atomic E-state index is 12.9. The minimum atomic E-state index is -0.211. The summed E-state index contributed by atoms with van der Waals surface area (Å²) in [6.07, 6.45) is 0.725. The molecule has 5 heteroatoms. The Morgan fingerprint density at radius 3 is 2.94 bits per heavy atom. The van der Waals surface area contributed by atoms with Crippen LogP contribution in [0.3, 0.4) is 0 Å². The number of rotatable bonds is 4. The molecule has 17 heavy (non-hydrogen) atoms. The van der Waals surface area contributed by atoms with Crippen molar-refractivity contribution in [2.75, 3.05) is 17.6 Å². The highest BCUT2D eigenvalue weighted by molar-refractivity contribution is 5.56. The van der Waals surface area contributed by atoms with Crippen LogP contribution in [-0.4, -0.2) is 16.5 Å². The number of H-pyrrole nitrogens is 1. The Hall–Kier alpha value is -2.04. The number of aromatic nitrogens is 2. The quantitative estimate of drug-likeness (QED) is 0.759. The van der Waals surface area contributed by atoms with Gasteiger partial charge in [0.05, 0.1) is 0 Å². The third-order valence-corrected chi connectivity index (χ3v) is 2.45. The normalized spacial score (nSPS) is 10.5. The zero-order chi connectivity index (χ0) is 12.3. The van der Waals surface area contributed by atoms with E-state index in [1.807, 2.05) is 13.0 Å². The number of nitrogens with zero attached hydrogens (tertiary/aromatic N) is 1. The first-order chi connectivity index (χ1) is 8.15. The molecule has 4 N–H and O–H groups in total. The molecule has 1 heterocycles. The molecule has 0 bridgehead atoms. The maximum Gasteiger partial charge on any atom is 0.168 e. The van der Waals surface area contributed by atoms with E-state index in [-0.39, 0.29) is 5.82 Å². The van der Waals surface area contributed by atoms with Crippen LogP contribution in [0.2, 0.25) is 0 Å². The number of nitrogens with two attached hydrogens (primary N) is 1. The van der Waals surface area contributed by atoms with Gasteiger partial charge in [-0.3, -0.25) is 0 Å². The van der Waals surface area contributed by atoms with E-state index in [1.54, 1.807) is 6.07 Å². The highest BCUT2D eigenvalue weighted by atomic mass is 19.1. The van der Waals surface area contributed by atoms with Crippen molar-refractivity contribution in [1.29, 1.82) is 0 Å². The first kappa shape index (κ1) is 11.4. The number of aromatic amines is 1. The number of aryl methyl sites for hydroxylation is 1. The van der Waals surface area contributed by atoms with E-state index in [1.165, 1.54) is 12.1 Å². The van der Waals surface area contributed by atoms with E-state index in [4.69, 9.17) is 5.73 Å². The highest BCUT2D eigenvalue weighted by Crippen LogP contribution is 2.13. The van der Waals surface area contributed by atoms with Crippen LogP contribution in [0.25, 0.3) is 0 Å². The summed E-state index contributed by atoms with van der Waals surface area (Å²) in [7, 11) is 0. The molecule has 4 nitrogen and oxygen atoms in total. The molecule has 1 aromatic heterocycles. The van der Waals surface area contributed by atoms with Gasteiger partial charge in [0.15, 0.2) is 5.82 Å². The lowest BCUT2D eigenvalue weighted by Crippen LogP contribution is -2.07. The van der Waals surface area contributed by atoms with Gasteiger partial charge in [0.1, 0.15) is 17.5 Å². The number of hydrogen-bond donors (Lipinski definition) is 3. The van der Waals surface area contributed by atoms with Crippen LogP contribution in [0.4, 0.5) is 16.0 Å². The summed E-state index contributed by atoms with van der Waals surface area (Å²) in [5.41, 5.74) is 6.65. The number of nitrogens with one attached hydrogen (secondary N) is 2. The van der Waals surface area contributed by atoms with Crippen molar-refractivity contribution < 1.29 is 4.39 Å². The third-order valence-electron chi connectivity index (χ3n) is 2.45. The van der Waals surface area contributed by atoms with Crippen molar-refractivity contribution in [2.24, 2.45) is 0 Å². The SMILES string of the molecule is Cc1nc(NCCc2cccc(F)c2)c(N)[nH]1. The van der Waals surface area contributed by atoms with Crippen LogP contribution >= 0.6 is 0 Å². The Bertz CT molecular complexity index is 507. The molecule has 2 aromatic rings. The Morgan fingerprint density at radius 2 is 2.29 bits per heavy atom. The Kier molecular flexibility index (Phi) is 3.27. The molecule has 0 aliphatic heterocycles. The molecule has 0 atom stereocenters. The fourth-order valence-corrected chi connectivity index (χ4v) is 1.66. The van der Waals surface area contributed by atoms with Gasteiger partial charge >= 0.3 is 0 Å². The number of anilines is 2. The zero-order valence-electron chi connectivity index (χ0n) is 9.63. The van der Waals surface area contributed by atoms with E-state index in [0.717, 1.165) is 17.8 Å². The topological polar surface area (TPSA) is 66.7 Å². The minimum absolute atomic E-state index is 0.211. The van der Waals surface area contributed by atoms with Gasteiger partial charge in [-0.25, -0.2) is 9.37 Å². The van der Waals surface area contributed by atoms with Crippen molar-refractivity contribution in [1.82, 2.24) is 9.97 Å². The summed E-state index contributed by atoms with van der Waals surface area (Å²) in [4.78, 5) is 7.10. The minimum Gasteiger partial charge on any atom is -0.382 e. The summed E-state index contributed by atoms with van der Waals surface area (Å²) in [6.45, 7) is 2.51. The zero-order valence-corrected chi connectivity index (χ0v) is 9.63. The smallest absolute Gasteiger partial charge is 0.168 e. The Balaban J connectivity index is 1.89. The van der Waals surface area contributed by atoms with E-state index in [2.05, 4.69) is 15.3 Å². The van der Waals surface area contributed by atoms with Crippen LogP contribution in [0.1, 0.15) is 11.4 Å². The molecule has 2 rings (SSSR count). The molecule has 0 radical (unpaired) electrons. The standard InChI is InChI=1S/C12H15FN4/c1-8-16-11(14)12(17-8)15-6-5-9-3-2-4-10(13)7-9/h2-4,7,15H,5-6,14H2,1H3,(H,16,17). The maximum atomic E-state index is 12.9. The average Bonchev–Trinajstić information content (AvgIpc) is 2.58. The predicted octanol–water partition coefficient (Wildman–Crippen LogP) is 2.09. The van der Waals surface area contributed by atoms with E-state index < -0.39 is 0 Å². The van der Waals surface area contributed by atoms with Gasteiger partial charge in [-0.2, -0.15) is 0 Å². The van der Waals surface area contributed by atoms with Crippen molar-refractivity contribution in [3.63, 3.8) is 0 Å². The third kappa shape index (κ3) is 2.96. The Labute approximate surface area is 99.1 Å². The van der Waals surface area contributed by atoms with Gasteiger partial charge in [-0.1, -0.05) is 12.1 Å². The summed E-state index contributed by atoms with van der Waals surface area (Å²) >= 11 is 0. The van der Waals surface area contributed by atoms with Gasteiger partial charge in [0, 0.05) is 6.54 Å². The van der Waals surface area contributed by atoms with Gasteiger partial charge in [0.25, 0.3) is 0 Å². The lowest BCUT2D eigenvalue weighted by molar-refractivity contribution is 0.625. The molecule has 0 aliphatic carbocycles. The molecule has 0 amide bonds. The summed E-state index contributed by atoms with van der Waals surface area (Å²) in [5, 5.41) is 3.11. The Morgan fingerprint density at radius 1 is 1.47 bits per heavy atom. The molecule has 0 saturated heterocycles. The number of nitrogen functional groups attached to an aromatic ring is 1. The van der Waals surface area contributed by atoms with Crippen molar-refractivity contribution in [2.45, 2.75) is 13.3 Å². The van der Waals surface area contributed by atoms with Gasteiger partial charge in [0.2, 0.25) is 0 Å². The molecule has 0 fully saturated rings. The van der Waals surface area contributed by atoms with Gasteiger partial charge < -0.3 is 16.0 Å². The van der Waals surface area contributed by atoms with E-state index in [9.17, 15) is 4.39 Å². The van der Waals surface area contributed by atoms with Crippen molar-refractivity contribution in [3.8, 4) is 0 Å². The van der Waals surface area contributed by atoms with Crippen molar-refractivity contribution >= 4 is 11.6 Å².